The average Bonchev–Trinajstić information content (AvgIpc) is 2.83. The van der Waals surface area contributed by atoms with Crippen molar-refractivity contribution in [3.8, 4) is 0 Å². The van der Waals surface area contributed by atoms with Crippen LogP contribution in [0.5, 0.6) is 0 Å². The van der Waals surface area contributed by atoms with Crippen molar-refractivity contribution in [3.05, 3.63) is 35.4 Å². The summed E-state index contributed by atoms with van der Waals surface area (Å²) in [6, 6.07) is 5.25. The van der Waals surface area contributed by atoms with Crippen molar-refractivity contribution in [2.45, 2.75) is 37.9 Å². The predicted molar refractivity (Wildman–Crippen MR) is 63.5 cm³/mol. The van der Waals surface area contributed by atoms with Crippen LogP contribution in [-0.4, -0.2) is 0 Å². The molecule has 0 amide bonds. The second-order valence-corrected chi connectivity index (χ2v) is 4.81. The van der Waals surface area contributed by atoms with Gasteiger partial charge < -0.3 is 0 Å². The van der Waals surface area contributed by atoms with Crippen molar-refractivity contribution in [2.75, 3.05) is 0 Å². The number of benzene rings is 1. The average molecular weight is 258 g/mol. The van der Waals surface area contributed by atoms with Crippen molar-refractivity contribution in [2.24, 2.45) is 11.8 Å². The van der Waals surface area contributed by atoms with Crippen LogP contribution in [0.3, 0.4) is 0 Å². The summed E-state index contributed by atoms with van der Waals surface area (Å²) in [6.07, 6.45) is -0.00925. The van der Waals surface area contributed by atoms with Gasteiger partial charge >= 0.3 is 6.18 Å². The monoisotopic (exact) mass is 258 g/mol. The van der Waals surface area contributed by atoms with Crippen molar-refractivity contribution in [1.82, 2.24) is 5.43 Å². The van der Waals surface area contributed by atoms with E-state index in [4.69, 9.17) is 5.84 Å². The molecule has 18 heavy (non-hydrogen) atoms. The molecule has 1 aliphatic carbocycles. The maximum Gasteiger partial charge on any atom is 0.416 e. The summed E-state index contributed by atoms with van der Waals surface area (Å²) in [5.74, 6) is 5.84. The van der Waals surface area contributed by atoms with E-state index in [0.29, 0.717) is 11.5 Å². The van der Waals surface area contributed by atoms with Crippen molar-refractivity contribution >= 4 is 0 Å². The highest BCUT2D eigenvalue weighted by atomic mass is 19.4. The lowest BCUT2D eigenvalue weighted by Gasteiger charge is -2.23. The molecule has 5 heteroatoms. The largest absolute Gasteiger partial charge is 0.416 e. The standard InChI is InChI=1S/C13H17F3N2/c14-13(15,16)11-7-3-6-10(8-11)12(18-17)9-4-1-2-5-9/h3,6-9,12,18H,1-2,4-5,17H2. The van der Waals surface area contributed by atoms with Crippen LogP contribution >= 0.6 is 0 Å². The van der Waals surface area contributed by atoms with Gasteiger partial charge in [0.2, 0.25) is 0 Å². The molecule has 1 saturated carbocycles. The fraction of sp³-hybridized carbons (Fsp3) is 0.538. The van der Waals surface area contributed by atoms with E-state index in [1.165, 1.54) is 12.1 Å². The van der Waals surface area contributed by atoms with Gasteiger partial charge in [-0.15, -0.1) is 0 Å². The van der Waals surface area contributed by atoms with Gasteiger partial charge in [0, 0.05) is 6.04 Å². The highest BCUT2D eigenvalue weighted by molar-refractivity contribution is 5.28. The Morgan fingerprint density at radius 1 is 1.22 bits per heavy atom. The van der Waals surface area contributed by atoms with E-state index in [-0.39, 0.29) is 6.04 Å². The molecule has 0 aromatic heterocycles. The second kappa shape index (κ2) is 5.28. The van der Waals surface area contributed by atoms with E-state index in [1.807, 2.05) is 0 Å². The van der Waals surface area contributed by atoms with E-state index in [9.17, 15) is 13.2 Å². The van der Waals surface area contributed by atoms with Crippen molar-refractivity contribution < 1.29 is 13.2 Å². The minimum Gasteiger partial charge on any atom is -0.271 e. The lowest BCUT2D eigenvalue weighted by atomic mass is 9.91. The van der Waals surface area contributed by atoms with E-state index < -0.39 is 11.7 Å². The molecule has 1 aromatic carbocycles. The third-order valence-electron chi connectivity index (χ3n) is 3.62. The number of halogens is 3. The summed E-state index contributed by atoms with van der Waals surface area (Å²) in [5.41, 5.74) is 2.68. The molecular weight excluding hydrogens is 241 g/mol. The number of rotatable bonds is 3. The van der Waals surface area contributed by atoms with Gasteiger partial charge in [-0.2, -0.15) is 13.2 Å². The maximum atomic E-state index is 12.7. The molecule has 100 valence electrons. The maximum absolute atomic E-state index is 12.7. The van der Waals surface area contributed by atoms with Crippen molar-refractivity contribution in [1.29, 1.82) is 0 Å². The van der Waals surface area contributed by atoms with Crippen LogP contribution in [0.1, 0.15) is 42.9 Å². The Morgan fingerprint density at radius 2 is 1.89 bits per heavy atom. The van der Waals surface area contributed by atoms with Gasteiger partial charge in [-0.05, 0) is 36.5 Å². The third-order valence-corrected chi connectivity index (χ3v) is 3.62. The molecule has 1 aromatic rings. The number of hydrogen-bond acceptors (Lipinski definition) is 2. The number of nitrogens with one attached hydrogen (secondary N) is 1. The molecule has 2 rings (SSSR count). The highest BCUT2D eigenvalue weighted by Crippen LogP contribution is 2.37. The van der Waals surface area contributed by atoms with E-state index in [2.05, 4.69) is 5.43 Å². The Bertz CT molecular complexity index is 397. The zero-order chi connectivity index (χ0) is 13.2. The molecule has 2 nitrogen and oxygen atoms in total. The molecule has 1 atom stereocenters. The molecule has 0 spiro atoms. The minimum atomic E-state index is -4.30. The SMILES string of the molecule is NNC(c1cccc(C(F)(F)F)c1)C1CCCC1. The first-order valence-corrected chi connectivity index (χ1v) is 6.15. The third kappa shape index (κ3) is 2.84. The number of alkyl halides is 3. The highest BCUT2D eigenvalue weighted by Gasteiger charge is 2.32. The molecule has 0 bridgehead atoms. The first kappa shape index (κ1) is 13.4. The topological polar surface area (TPSA) is 38.0 Å². The normalized spacial score (nSPS) is 19.1. The number of hydrazine groups is 1. The number of nitrogens with two attached hydrogens (primary N) is 1. The van der Waals surface area contributed by atoms with Crippen LogP contribution in [0.25, 0.3) is 0 Å². The summed E-state index contributed by atoms with van der Waals surface area (Å²) in [7, 11) is 0. The first-order chi connectivity index (χ1) is 8.52. The lowest BCUT2D eigenvalue weighted by Crippen LogP contribution is -2.32. The zero-order valence-corrected chi connectivity index (χ0v) is 10.0. The van der Waals surface area contributed by atoms with Crippen LogP contribution in [0.15, 0.2) is 24.3 Å². The Hall–Kier alpha value is -1.07. The van der Waals surface area contributed by atoms with Gasteiger partial charge in [-0.1, -0.05) is 25.0 Å². The zero-order valence-electron chi connectivity index (χ0n) is 10.0. The Labute approximate surface area is 104 Å². The molecular formula is C13H17F3N2. The molecule has 1 fully saturated rings. The van der Waals surface area contributed by atoms with Gasteiger partial charge in [0.1, 0.15) is 0 Å². The van der Waals surface area contributed by atoms with Gasteiger partial charge in [-0.3, -0.25) is 11.3 Å². The summed E-state index contributed by atoms with van der Waals surface area (Å²) in [5, 5.41) is 0. The second-order valence-electron chi connectivity index (χ2n) is 4.81. The fourth-order valence-electron chi connectivity index (χ4n) is 2.70. The Kier molecular flexibility index (Phi) is 3.92. The molecule has 3 N–H and O–H groups in total. The van der Waals surface area contributed by atoms with Crippen LogP contribution in [0, 0.1) is 5.92 Å². The molecule has 0 saturated heterocycles. The summed E-state index contributed by atoms with van der Waals surface area (Å²) < 4.78 is 38.0. The van der Waals surface area contributed by atoms with E-state index in [1.54, 1.807) is 6.07 Å². The van der Waals surface area contributed by atoms with Gasteiger partial charge in [0.25, 0.3) is 0 Å². The summed E-state index contributed by atoms with van der Waals surface area (Å²) in [4.78, 5) is 0. The molecule has 1 aliphatic rings. The lowest BCUT2D eigenvalue weighted by molar-refractivity contribution is -0.137. The van der Waals surface area contributed by atoms with Gasteiger partial charge in [-0.25, -0.2) is 0 Å². The van der Waals surface area contributed by atoms with Crippen LogP contribution in [0.4, 0.5) is 13.2 Å². The van der Waals surface area contributed by atoms with Gasteiger partial charge in [0.15, 0.2) is 0 Å². The quantitative estimate of drug-likeness (QED) is 0.644. The predicted octanol–water partition coefficient (Wildman–Crippen LogP) is 3.40. The van der Waals surface area contributed by atoms with Crippen LogP contribution in [-0.2, 0) is 6.18 Å². The van der Waals surface area contributed by atoms with E-state index in [0.717, 1.165) is 31.7 Å². The molecule has 0 aliphatic heterocycles. The smallest absolute Gasteiger partial charge is 0.271 e. The summed E-state index contributed by atoms with van der Waals surface area (Å²) in [6.45, 7) is 0. The van der Waals surface area contributed by atoms with E-state index >= 15 is 0 Å². The van der Waals surface area contributed by atoms with Crippen molar-refractivity contribution in [3.63, 3.8) is 0 Å². The first-order valence-electron chi connectivity index (χ1n) is 6.15. The molecule has 1 unspecified atom stereocenters. The van der Waals surface area contributed by atoms with Crippen LogP contribution in [0.2, 0.25) is 0 Å². The summed E-state index contributed by atoms with van der Waals surface area (Å²) >= 11 is 0. The minimum absolute atomic E-state index is 0.185. The van der Waals surface area contributed by atoms with Crippen LogP contribution < -0.4 is 11.3 Å². The Morgan fingerprint density at radius 3 is 2.44 bits per heavy atom. The number of hydrogen-bond donors (Lipinski definition) is 2. The van der Waals surface area contributed by atoms with Gasteiger partial charge in [0.05, 0.1) is 5.56 Å². The fourth-order valence-corrected chi connectivity index (χ4v) is 2.70. The Balaban J connectivity index is 2.25. The molecule has 0 heterocycles. The molecule has 0 radical (unpaired) electrons.